The molecule has 0 atom stereocenters. The maximum absolute atomic E-state index is 12.0. The van der Waals surface area contributed by atoms with E-state index in [4.69, 9.17) is 17.3 Å². The summed E-state index contributed by atoms with van der Waals surface area (Å²) in [6, 6.07) is 17.9. The highest BCUT2D eigenvalue weighted by molar-refractivity contribution is 14.0. The molecule has 1 aliphatic rings. The Hall–Kier alpha value is -2.00. The lowest BCUT2D eigenvalue weighted by Gasteiger charge is -2.36. The Balaban J connectivity index is 0.00000300. The van der Waals surface area contributed by atoms with Gasteiger partial charge in [-0.3, -0.25) is 4.79 Å². The molecular weight excluding hydrogens is 501 g/mol. The molecule has 29 heavy (non-hydrogen) atoms. The number of nitrogens with zero attached hydrogens (tertiary/aromatic N) is 3. The summed E-state index contributed by atoms with van der Waals surface area (Å²) in [5.41, 5.74) is 8.43. The molecule has 0 unspecified atom stereocenters. The van der Waals surface area contributed by atoms with E-state index >= 15 is 0 Å². The van der Waals surface area contributed by atoms with Gasteiger partial charge in [0.25, 0.3) is 0 Å². The molecule has 2 aromatic rings. The van der Waals surface area contributed by atoms with Crippen molar-refractivity contribution in [3.63, 3.8) is 0 Å². The number of nitrogens with one attached hydrogen (secondary N) is 1. The van der Waals surface area contributed by atoms with Gasteiger partial charge >= 0.3 is 0 Å². The van der Waals surface area contributed by atoms with Gasteiger partial charge in [-0.15, -0.1) is 24.0 Å². The molecule has 0 aliphatic carbocycles. The van der Waals surface area contributed by atoms with E-state index in [0.29, 0.717) is 12.5 Å². The first-order valence-electron chi connectivity index (χ1n) is 9.48. The number of aliphatic imine (C=N–C) groups is 1. The fourth-order valence-electron chi connectivity index (χ4n) is 3.15. The predicted molar refractivity (Wildman–Crippen MR) is 130 cm³/mol. The van der Waals surface area contributed by atoms with Gasteiger partial charge in [-0.25, -0.2) is 4.99 Å². The molecule has 0 spiro atoms. The average Bonchev–Trinajstić information content (AvgIpc) is 2.73. The van der Waals surface area contributed by atoms with E-state index < -0.39 is 0 Å². The van der Waals surface area contributed by atoms with Crippen LogP contribution in [0.15, 0.2) is 59.6 Å². The number of guanidine groups is 1. The summed E-state index contributed by atoms with van der Waals surface area (Å²) in [6.07, 6.45) is 0.804. The van der Waals surface area contributed by atoms with E-state index in [1.54, 1.807) is 0 Å². The molecule has 1 fully saturated rings. The highest BCUT2D eigenvalue weighted by Gasteiger charge is 2.18. The SMILES string of the molecule is I.NC(=NCC(=O)NCCc1ccccc1)N1CCN(c2ccc(Cl)cc2)CC1. The minimum Gasteiger partial charge on any atom is -0.370 e. The van der Waals surface area contributed by atoms with E-state index in [-0.39, 0.29) is 36.4 Å². The second kappa shape index (κ2) is 11.9. The first-order valence-corrected chi connectivity index (χ1v) is 9.85. The Kier molecular flexibility index (Phi) is 9.53. The largest absolute Gasteiger partial charge is 0.370 e. The predicted octanol–water partition coefficient (Wildman–Crippen LogP) is 2.75. The number of rotatable bonds is 6. The van der Waals surface area contributed by atoms with Gasteiger partial charge in [0.05, 0.1) is 0 Å². The number of halogens is 2. The van der Waals surface area contributed by atoms with Gasteiger partial charge in [-0.2, -0.15) is 0 Å². The first-order chi connectivity index (χ1) is 13.6. The van der Waals surface area contributed by atoms with Gasteiger partial charge in [0, 0.05) is 43.4 Å². The van der Waals surface area contributed by atoms with Crippen LogP contribution in [0.25, 0.3) is 0 Å². The standard InChI is InChI=1S/C21H26ClN5O.HI/c22-18-6-8-19(9-7-18)26-12-14-27(15-13-26)21(23)25-16-20(28)24-11-10-17-4-2-1-3-5-17;/h1-9H,10-16H2,(H2,23,25)(H,24,28);1H. The molecule has 1 heterocycles. The van der Waals surface area contributed by atoms with Crippen LogP contribution in [0.1, 0.15) is 5.56 Å². The lowest BCUT2D eigenvalue weighted by atomic mass is 10.1. The average molecular weight is 528 g/mol. The fourth-order valence-corrected chi connectivity index (χ4v) is 3.27. The Bertz CT molecular complexity index is 792. The molecule has 2 aromatic carbocycles. The number of hydrogen-bond acceptors (Lipinski definition) is 3. The molecule has 0 radical (unpaired) electrons. The third-order valence-corrected chi connectivity index (χ3v) is 5.01. The van der Waals surface area contributed by atoms with E-state index in [1.165, 1.54) is 5.56 Å². The van der Waals surface area contributed by atoms with Crippen molar-refractivity contribution >= 4 is 53.1 Å². The molecule has 0 aromatic heterocycles. The van der Waals surface area contributed by atoms with Gasteiger partial charge in [0.1, 0.15) is 6.54 Å². The zero-order valence-corrected chi connectivity index (χ0v) is 19.3. The normalized spacial score (nSPS) is 14.3. The summed E-state index contributed by atoms with van der Waals surface area (Å²) < 4.78 is 0. The quantitative estimate of drug-likeness (QED) is 0.344. The van der Waals surface area contributed by atoms with Crippen molar-refractivity contribution in [3.05, 3.63) is 65.2 Å². The number of piperazine rings is 1. The van der Waals surface area contributed by atoms with E-state index in [0.717, 1.165) is 43.3 Å². The van der Waals surface area contributed by atoms with Crippen LogP contribution in [0.5, 0.6) is 0 Å². The van der Waals surface area contributed by atoms with Crippen LogP contribution in [0, 0.1) is 0 Å². The van der Waals surface area contributed by atoms with Crippen LogP contribution in [0.4, 0.5) is 5.69 Å². The van der Waals surface area contributed by atoms with Crippen LogP contribution in [-0.2, 0) is 11.2 Å². The van der Waals surface area contributed by atoms with Gasteiger partial charge < -0.3 is 20.9 Å². The number of amides is 1. The number of hydrogen-bond donors (Lipinski definition) is 2. The van der Waals surface area contributed by atoms with Gasteiger partial charge in [-0.1, -0.05) is 41.9 Å². The highest BCUT2D eigenvalue weighted by Crippen LogP contribution is 2.19. The second-order valence-corrected chi connectivity index (χ2v) is 7.15. The number of benzene rings is 2. The Morgan fingerprint density at radius 1 is 1.03 bits per heavy atom. The molecular formula is C21H27ClIN5O. The van der Waals surface area contributed by atoms with Crippen LogP contribution < -0.4 is 16.0 Å². The first kappa shape index (κ1) is 23.3. The second-order valence-electron chi connectivity index (χ2n) is 6.71. The van der Waals surface area contributed by atoms with Crippen LogP contribution >= 0.6 is 35.6 Å². The van der Waals surface area contributed by atoms with Gasteiger partial charge in [-0.05, 0) is 36.2 Å². The fraction of sp³-hybridized carbons (Fsp3) is 0.333. The summed E-state index contributed by atoms with van der Waals surface area (Å²) in [5.74, 6) is 0.313. The monoisotopic (exact) mass is 527 g/mol. The van der Waals surface area contributed by atoms with Crippen LogP contribution in [0.2, 0.25) is 5.02 Å². The van der Waals surface area contributed by atoms with Crippen molar-refractivity contribution in [2.45, 2.75) is 6.42 Å². The maximum Gasteiger partial charge on any atom is 0.241 e. The summed E-state index contributed by atoms with van der Waals surface area (Å²) in [6.45, 7) is 3.89. The summed E-state index contributed by atoms with van der Waals surface area (Å²) >= 11 is 5.95. The smallest absolute Gasteiger partial charge is 0.241 e. The molecule has 1 aliphatic heterocycles. The number of carbonyl (C=O) groups excluding carboxylic acids is 1. The lowest BCUT2D eigenvalue weighted by molar-refractivity contribution is -0.119. The third kappa shape index (κ3) is 7.40. The van der Waals surface area contributed by atoms with Crippen molar-refractivity contribution in [2.24, 2.45) is 10.7 Å². The zero-order chi connectivity index (χ0) is 19.8. The molecule has 1 saturated heterocycles. The van der Waals surface area contributed by atoms with E-state index in [2.05, 4.69) is 15.2 Å². The zero-order valence-electron chi connectivity index (χ0n) is 16.3. The number of carbonyl (C=O) groups is 1. The molecule has 6 nitrogen and oxygen atoms in total. The maximum atomic E-state index is 12.0. The molecule has 8 heteroatoms. The van der Waals surface area contributed by atoms with Crippen molar-refractivity contribution in [1.82, 2.24) is 10.2 Å². The molecule has 0 saturated carbocycles. The Morgan fingerprint density at radius 2 is 1.69 bits per heavy atom. The third-order valence-electron chi connectivity index (χ3n) is 4.76. The van der Waals surface area contributed by atoms with Crippen molar-refractivity contribution in [2.75, 3.05) is 44.2 Å². The number of nitrogens with two attached hydrogens (primary N) is 1. The van der Waals surface area contributed by atoms with Crippen molar-refractivity contribution in [3.8, 4) is 0 Å². The van der Waals surface area contributed by atoms with Crippen LogP contribution in [0.3, 0.4) is 0 Å². The molecule has 156 valence electrons. The Morgan fingerprint density at radius 3 is 2.34 bits per heavy atom. The number of anilines is 1. The topological polar surface area (TPSA) is 74.0 Å². The van der Waals surface area contributed by atoms with Gasteiger partial charge in [0.2, 0.25) is 5.91 Å². The molecule has 0 bridgehead atoms. The van der Waals surface area contributed by atoms with Crippen molar-refractivity contribution in [1.29, 1.82) is 0 Å². The summed E-state index contributed by atoms with van der Waals surface area (Å²) in [5, 5.41) is 3.62. The minimum absolute atomic E-state index is 0. The summed E-state index contributed by atoms with van der Waals surface area (Å²) in [7, 11) is 0. The summed E-state index contributed by atoms with van der Waals surface area (Å²) in [4.78, 5) is 20.5. The Labute approximate surface area is 194 Å². The van der Waals surface area contributed by atoms with Crippen LogP contribution in [-0.4, -0.2) is 56.0 Å². The van der Waals surface area contributed by atoms with Crippen molar-refractivity contribution < 1.29 is 4.79 Å². The molecule has 1 amide bonds. The van der Waals surface area contributed by atoms with E-state index in [9.17, 15) is 4.79 Å². The minimum atomic E-state index is -0.112. The molecule has 3 rings (SSSR count). The highest BCUT2D eigenvalue weighted by atomic mass is 127. The van der Waals surface area contributed by atoms with Gasteiger partial charge in [0.15, 0.2) is 5.96 Å². The molecule has 3 N–H and O–H groups in total. The van der Waals surface area contributed by atoms with E-state index in [1.807, 2.05) is 59.5 Å². The lowest BCUT2D eigenvalue weighted by Crippen LogP contribution is -2.51.